The van der Waals surface area contributed by atoms with Gasteiger partial charge in [-0.15, -0.1) is 0 Å². The third-order valence-electron chi connectivity index (χ3n) is 3.38. The van der Waals surface area contributed by atoms with Crippen molar-refractivity contribution in [2.75, 3.05) is 37.7 Å². The number of aromatic nitrogens is 2. The molecule has 1 fully saturated rings. The van der Waals surface area contributed by atoms with Gasteiger partial charge in [0.05, 0.1) is 6.61 Å². The quantitative estimate of drug-likeness (QED) is 0.845. The fourth-order valence-corrected chi connectivity index (χ4v) is 2.22. The zero-order valence-electron chi connectivity index (χ0n) is 14.4. The van der Waals surface area contributed by atoms with E-state index >= 15 is 0 Å². The highest BCUT2D eigenvalue weighted by Gasteiger charge is 2.26. The number of hydrogen-bond acceptors (Lipinski definition) is 6. The fourth-order valence-electron chi connectivity index (χ4n) is 2.22. The van der Waals surface area contributed by atoms with Gasteiger partial charge in [-0.25, -0.2) is 14.8 Å². The summed E-state index contributed by atoms with van der Waals surface area (Å²) in [6, 6.07) is 0. The third kappa shape index (κ3) is 5.35. The molecule has 0 unspecified atom stereocenters. The molecule has 1 amide bonds. The first-order chi connectivity index (χ1) is 10.9. The largest absolute Gasteiger partial charge is 0.444 e. The molecule has 0 N–H and O–H groups in total. The van der Waals surface area contributed by atoms with Gasteiger partial charge in [0, 0.05) is 50.7 Å². The molecular weight excluding hydrogens is 296 g/mol. The van der Waals surface area contributed by atoms with E-state index in [0.29, 0.717) is 45.3 Å². The number of nitrogens with zero attached hydrogens (tertiary/aromatic N) is 4. The molecule has 1 aliphatic rings. The predicted octanol–water partition coefficient (Wildman–Crippen LogP) is 2.07. The standard InChI is InChI=1S/C16H26N4O3/c1-5-22-12-13-10-17-14(18-11-13)19-6-8-20(9-7-19)15(21)23-16(2,3)4/h10-11H,5-9,12H2,1-4H3. The maximum Gasteiger partial charge on any atom is 0.410 e. The number of piperazine rings is 1. The van der Waals surface area contributed by atoms with Gasteiger partial charge in [0.25, 0.3) is 0 Å². The lowest BCUT2D eigenvalue weighted by Gasteiger charge is -2.35. The van der Waals surface area contributed by atoms with Crippen LogP contribution in [0.3, 0.4) is 0 Å². The second-order valence-electron chi connectivity index (χ2n) is 6.48. The molecule has 2 rings (SSSR count). The van der Waals surface area contributed by atoms with Crippen LogP contribution in [-0.4, -0.2) is 59.3 Å². The van der Waals surface area contributed by atoms with Crippen LogP contribution in [0.2, 0.25) is 0 Å². The summed E-state index contributed by atoms with van der Waals surface area (Å²) in [5.41, 5.74) is 0.497. The third-order valence-corrected chi connectivity index (χ3v) is 3.38. The average molecular weight is 322 g/mol. The summed E-state index contributed by atoms with van der Waals surface area (Å²) in [5, 5.41) is 0. The van der Waals surface area contributed by atoms with E-state index < -0.39 is 5.60 Å². The van der Waals surface area contributed by atoms with Crippen LogP contribution < -0.4 is 4.90 Å². The molecule has 1 saturated heterocycles. The highest BCUT2D eigenvalue weighted by Crippen LogP contribution is 2.14. The molecular formula is C16H26N4O3. The first-order valence-corrected chi connectivity index (χ1v) is 8.00. The summed E-state index contributed by atoms with van der Waals surface area (Å²) >= 11 is 0. The second-order valence-corrected chi connectivity index (χ2v) is 6.48. The Morgan fingerprint density at radius 1 is 1.17 bits per heavy atom. The summed E-state index contributed by atoms with van der Waals surface area (Å²) < 4.78 is 10.7. The van der Waals surface area contributed by atoms with Gasteiger partial charge in [0.2, 0.25) is 5.95 Å². The Balaban J connectivity index is 1.85. The SMILES string of the molecule is CCOCc1cnc(N2CCN(C(=O)OC(C)(C)C)CC2)nc1. The normalized spacial score (nSPS) is 15.7. The summed E-state index contributed by atoms with van der Waals surface area (Å²) in [4.78, 5) is 24.6. The highest BCUT2D eigenvalue weighted by molar-refractivity contribution is 5.68. The number of carbonyl (C=O) groups excluding carboxylic acids is 1. The second kappa shape index (κ2) is 7.59. The van der Waals surface area contributed by atoms with Crippen LogP contribution in [0.15, 0.2) is 12.4 Å². The van der Waals surface area contributed by atoms with Crippen molar-refractivity contribution in [1.82, 2.24) is 14.9 Å². The van der Waals surface area contributed by atoms with Crippen LogP contribution in [0.25, 0.3) is 0 Å². The minimum atomic E-state index is -0.465. The van der Waals surface area contributed by atoms with Crippen molar-refractivity contribution >= 4 is 12.0 Å². The van der Waals surface area contributed by atoms with Gasteiger partial charge in [-0.1, -0.05) is 0 Å². The van der Waals surface area contributed by atoms with Crippen LogP contribution in [-0.2, 0) is 16.1 Å². The Kier molecular flexibility index (Phi) is 5.76. The lowest BCUT2D eigenvalue weighted by Crippen LogP contribution is -2.50. The Morgan fingerprint density at radius 2 is 1.78 bits per heavy atom. The summed E-state index contributed by atoms with van der Waals surface area (Å²) in [7, 11) is 0. The summed E-state index contributed by atoms with van der Waals surface area (Å²) in [6.07, 6.45) is 3.32. The molecule has 0 aliphatic carbocycles. The van der Waals surface area contributed by atoms with Crippen LogP contribution in [0.1, 0.15) is 33.3 Å². The monoisotopic (exact) mass is 322 g/mol. The molecule has 23 heavy (non-hydrogen) atoms. The molecule has 0 aromatic carbocycles. The molecule has 128 valence electrons. The molecule has 1 aliphatic heterocycles. The lowest BCUT2D eigenvalue weighted by molar-refractivity contribution is 0.0240. The number of anilines is 1. The van der Waals surface area contributed by atoms with E-state index in [4.69, 9.17) is 9.47 Å². The predicted molar refractivity (Wildman–Crippen MR) is 87.4 cm³/mol. The first-order valence-electron chi connectivity index (χ1n) is 8.00. The Labute approximate surface area is 137 Å². The Hall–Kier alpha value is -1.89. The topological polar surface area (TPSA) is 67.8 Å². The van der Waals surface area contributed by atoms with Crippen molar-refractivity contribution in [1.29, 1.82) is 0 Å². The van der Waals surface area contributed by atoms with Gasteiger partial charge in [0.15, 0.2) is 0 Å². The molecule has 0 bridgehead atoms. The van der Waals surface area contributed by atoms with Crippen molar-refractivity contribution in [2.24, 2.45) is 0 Å². The minimum absolute atomic E-state index is 0.259. The molecule has 7 heteroatoms. The van der Waals surface area contributed by atoms with E-state index in [1.54, 1.807) is 17.3 Å². The van der Waals surface area contributed by atoms with Crippen molar-refractivity contribution < 1.29 is 14.3 Å². The van der Waals surface area contributed by atoms with E-state index in [0.717, 1.165) is 5.56 Å². The van der Waals surface area contributed by atoms with Crippen molar-refractivity contribution in [3.8, 4) is 0 Å². The minimum Gasteiger partial charge on any atom is -0.444 e. The van der Waals surface area contributed by atoms with E-state index in [9.17, 15) is 4.79 Å². The van der Waals surface area contributed by atoms with Crippen molar-refractivity contribution in [2.45, 2.75) is 39.9 Å². The molecule has 7 nitrogen and oxygen atoms in total. The van der Waals surface area contributed by atoms with Crippen LogP contribution in [0.4, 0.5) is 10.7 Å². The van der Waals surface area contributed by atoms with Gasteiger partial charge in [-0.3, -0.25) is 0 Å². The zero-order valence-corrected chi connectivity index (χ0v) is 14.4. The van der Waals surface area contributed by atoms with Crippen LogP contribution in [0, 0.1) is 0 Å². The van der Waals surface area contributed by atoms with Crippen LogP contribution >= 0.6 is 0 Å². The summed E-state index contributed by atoms with van der Waals surface area (Å²) in [5.74, 6) is 0.689. The molecule has 0 atom stereocenters. The Morgan fingerprint density at radius 3 is 2.30 bits per heavy atom. The lowest BCUT2D eigenvalue weighted by atomic mass is 10.2. The van der Waals surface area contributed by atoms with Crippen molar-refractivity contribution in [3.63, 3.8) is 0 Å². The van der Waals surface area contributed by atoms with Gasteiger partial charge in [-0.2, -0.15) is 0 Å². The molecule has 0 spiro atoms. The fraction of sp³-hybridized carbons (Fsp3) is 0.688. The van der Waals surface area contributed by atoms with Gasteiger partial charge in [-0.05, 0) is 27.7 Å². The molecule has 1 aromatic rings. The number of rotatable bonds is 4. The van der Waals surface area contributed by atoms with E-state index in [-0.39, 0.29) is 6.09 Å². The molecule has 1 aromatic heterocycles. The van der Waals surface area contributed by atoms with E-state index in [1.165, 1.54) is 0 Å². The van der Waals surface area contributed by atoms with Crippen molar-refractivity contribution in [3.05, 3.63) is 18.0 Å². The van der Waals surface area contributed by atoms with Gasteiger partial charge < -0.3 is 19.3 Å². The van der Waals surface area contributed by atoms with Crippen LogP contribution in [0.5, 0.6) is 0 Å². The smallest absolute Gasteiger partial charge is 0.410 e. The number of hydrogen-bond donors (Lipinski definition) is 0. The highest BCUT2D eigenvalue weighted by atomic mass is 16.6. The number of carbonyl (C=O) groups is 1. The average Bonchev–Trinajstić information content (AvgIpc) is 2.52. The van der Waals surface area contributed by atoms with Gasteiger partial charge >= 0.3 is 6.09 Å². The zero-order chi connectivity index (χ0) is 16.9. The first kappa shape index (κ1) is 17.5. The van der Waals surface area contributed by atoms with E-state index in [1.807, 2.05) is 27.7 Å². The maximum absolute atomic E-state index is 12.0. The Bertz CT molecular complexity index is 505. The molecule has 0 saturated carbocycles. The van der Waals surface area contributed by atoms with Gasteiger partial charge in [0.1, 0.15) is 5.60 Å². The molecule has 2 heterocycles. The maximum atomic E-state index is 12.0. The van der Waals surface area contributed by atoms with E-state index in [2.05, 4.69) is 14.9 Å². The molecule has 0 radical (unpaired) electrons. The number of amides is 1. The summed E-state index contributed by atoms with van der Waals surface area (Å²) in [6.45, 7) is 11.4. The number of ether oxygens (including phenoxy) is 2.